The Morgan fingerprint density at radius 1 is 1.43 bits per heavy atom. The summed E-state index contributed by atoms with van der Waals surface area (Å²) in [6.45, 7) is 0.0926. The van der Waals surface area contributed by atoms with Crippen molar-refractivity contribution in [1.82, 2.24) is 10.2 Å². The molecule has 3 aromatic heterocycles. The molecular formula is C12H7BrN2O4S2. The number of carbonyl (C=O) groups is 1. The Hall–Kier alpha value is -1.71. The topological polar surface area (TPSA) is 85.5 Å². The quantitative estimate of drug-likeness (QED) is 0.715. The molecule has 0 aromatic carbocycles. The Kier molecular flexibility index (Phi) is 4.04. The summed E-state index contributed by atoms with van der Waals surface area (Å²) in [6.07, 6.45) is 0. The highest BCUT2D eigenvalue weighted by molar-refractivity contribution is 9.11. The predicted octanol–water partition coefficient (Wildman–Crippen LogP) is 3.90. The van der Waals surface area contributed by atoms with Crippen molar-refractivity contribution in [2.24, 2.45) is 0 Å². The maximum Gasteiger partial charge on any atom is 0.346 e. The van der Waals surface area contributed by atoms with Crippen LogP contribution < -0.4 is 4.74 Å². The van der Waals surface area contributed by atoms with E-state index < -0.39 is 5.97 Å². The summed E-state index contributed by atoms with van der Waals surface area (Å²) in [5, 5.41) is 18.3. The minimum atomic E-state index is -0.974. The molecule has 3 rings (SSSR count). The van der Waals surface area contributed by atoms with E-state index in [9.17, 15) is 4.79 Å². The minimum absolute atomic E-state index is 0.0926. The third-order valence-electron chi connectivity index (χ3n) is 2.40. The van der Waals surface area contributed by atoms with Crippen molar-refractivity contribution in [3.8, 4) is 16.5 Å². The summed E-state index contributed by atoms with van der Waals surface area (Å²) in [6, 6.07) is 5.24. The van der Waals surface area contributed by atoms with E-state index in [0.717, 1.165) is 20.0 Å². The van der Waals surface area contributed by atoms with Gasteiger partial charge in [0.05, 0.1) is 8.66 Å². The number of carboxylic acid groups (broad SMARTS) is 1. The molecule has 1 N–H and O–H groups in total. The third kappa shape index (κ3) is 3.31. The average Bonchev–Trinajstić information content (AvgIpc) is 3.16. The van der Waals surface area contributed by atoms with E-state index in [2.05, 4.69) is 26.1 Å². The van der Waals surface area contributed by atoms with Crippen LogP contribution in [0.5, 0.6) is 5.75 Å². The highest BCUT2D eigenvalue weighted by atomic mass is 79.9. The van der Waals surface area contributed by atoms with Gasteiger partial charge in [0.2, 0.25) is 0 Å². The first-order valence-electron chi connectivity index (χ1n) is 5.64. The van der Waals surface area contributed by atoms with Crippen molar-refractivity contribution in [2.45, 2.75) is 6.61 Å². The number of thiophene rings is 2. The van der Waals surface area contributed by atoms with Crippen LogP contribution in [0.1, 0.15) is 15.6 Å². The lowest BCUT2D eigenvalue weighted by Gasteiger charge is -1.98. The van der Waals surface area contributed by atoms with Gasteiger partial charge in [-0.3, -0.25) is 0 Å². The molecule has 3 heterocycles. The second-order valence-electron chi connectivity index (χ2n) is 3.85. The number of nitrogens with zero attached hydrogens (tertiary/aromatic N) is 2. The molecule has 0 aliphatic heterocycles. The fourth-order valence-electron chi connectivity index (χ4n) is 1.49. The van der Waals surface area contributed by atoms with Gasteiger partial charge in [-0.05, 0) is 28.1 Å². The molecule has 0 radical (unpaired) electrons. The molecule has 9 heteroatoms. The lowest BCUT2D eigenvalue weighted by molar-refractivity contribution is 0.0702. The Bertz CT molecular complexity index is 780. The van der Waals surface area contributed by atoms with Crippen LogP contribution in [0.4, 0.5) is 0 Å². The average molecular weight is 387 g/mol. The maximum atomic E-state index is 10.8. The number of hydrogen-bond donors (Lipinski definition) is 1. The molecular weight excluding hydrogens is 380 g/mol. The third-order valence-corrected chi connectivity index (χ3v) is 4.91. The molecule has 0 atom stereocenters. The Balaban J connectivity index is 1.65. The van der Waals surface area contributed by atoms with E-state index in [-0.39, 0.29) is 11.5 Å². The summed E-state index contributed by atoms with van der Waals surface area (Å²) < 4.78 is 11.9. The highest BCUT2D eigenvalue weighted by Gasteiger charge is 2.12. The molecule has 0 saturated carbocycles. The molecule has 0 aliphatic rings. The Labute approximate surface area is 135 Å². The highest BCUT2D eigenvalue weighted by Crippen LogP contribution is 2.30. The number of carboxylic acids is 1. The normalized spacial score (nSPS) is 10.7. The molecule has 0 unspecified atom stereocenters. The van der Waals surface area contributed by atoms with Gasteiger partial charge in [0.1, 0.15) is 10.6 Å². The van der Waals surface area contributed by atoms with Gasteiger partial charge in [-0.15, -0.1) is 32.9 Å². The number of aromatic nitrogens is 2. The van der Waals surface area contributed by atoms with Crippen LogP contribution in [0.3, 0.4) is 0 Å². The van der Waals surface area contributed by atoms with Crippen LogP contribution in [-0.2, 0) is 6.61 Å². The minimum Gasteiger partial charge on any atom is -0.483 e. The molecule has 21 heavy (non-hydrogen) atoms. The van der Waals surface area contributed by atoms with Crippen molar-refractivity contribution in [1.29, 1.82) is 0 Å². The van der Waals surface area contributed by atoms with Gasteiger partial charge < -0.3 is 14.3 Å². The summed E-state index contributed by atoms with van der Waals surface area (Å²) in [7, 11) is 0. The molecule has 0 aliphatic carbocycles. The van der Waals surface area contributed by atoms with Gasteiger partial charge in [-0.25, -0.2) is 4.79 Å². The van der Waals surface area contributed by atoms with Crippen molar-refractivity contribution < 1.29 is 19.1 Å². The zero-order chi connectivity index (χ0) is 14.8. The van der Waals surface area contributed by atoms with E-state index in [0.29, 0.717) is 17.5 Å². The zero-order valence-electron chi connectivity index (χ0n) is 10.3. The standard InChI is InChI=1S/C12H7BrN2O4S2/c13-9-2-1-7(21-9)11-15-14-10(19-11)4-18-6-3-8(12(16)17)20-5-6/h1-3,5H,4H2,(H,16,17). The van der Waals surface area contributed by atoms with E-state index in [1.807, 2.05) is 12.1 Å². The molecule has 108 valence electrons. The lowest BCUT2D eigenvalue weighted by Crippen LogP contribution is -1.95. The van der Waals surface area contributed by atoms with Crippen molar-refractivity contribution in [3.05, 3.63) is 38.1 Å². The van der Waals surface area contributed by atoms with Crippen LogP contribution in [0.15, 0.2) is 31.8 Å². The number of hydrogen-bond acceptors (Lipinski definition) is 7. The second kappa shape index (κ2) is 5.96. The van der Waals surface area contributed by atoms with Crippen molar-refractivity contribution >= 4 is 44.6 Å². The molecule has 6 nitrogen and oxygen atoms in total. The van der Waals surface area contributed by atoms with Crippen molar-refractivity contribution in [3.63, 3.8) is 0 Å². The second-order valence-corrected chi connectivity index (χ2v) is 7.22. The Morgan fingerprint density at radius 3 is 2.95 bits per heavy atom. The first-order valence-corrected chi connectivity index (χ1v) is 8.13. The van der Waals surface area contributed by atoms with Crippen LogP contribution in [-0.4, -0.2) is 21.3 Å². The maximum absolute atomic E-state index is 10.8. The summed E-state index contributed by atoms with van der Waals surface area (Å²) in [4.78, 5) is 11.8. The predicted molar refractivity (Wildman–Crippen MR) is 80.9 cm³/mol. The van der Waals surface area contributed by atoms with Crippen LogP contribution in [0.2, 0.25) is 0 Å². The van der Waals surface area contributed by atoms with Gasteiger partial charge in [-0.1, -0.05) is 0 Å². The van der Waals surface area contributed by atoms with E-state index in [4.69, 9.17) is 14.3 Å². The first-order chi connectivity index (χ1) is 10.1. The summed E-state index contributed by atoms with van der Waals surface area (Å²) in [5.74, 6) is 0.257. The van der Waals surface area contributed by atoms with E-state index in [1.54, 1.807) is 5.38 Å². The first kappa shape index (κ1) is 14.2. The SMILES string of the molecule is O=C(O)c1cc(OCc2nnc(-c3ccc(Br)s3)o2)cs1. The largest absolute Gasteiger partial charge is 0.483 e. The lowest BCUT2D eigenvalue weighted by atomic mass is 10.4. The fraction of sp³-hybridized carbons (Fsp3) is 0.0833. The molecule has 0 saturated heterocycles. The number of rotatable bonds is 5. The summed E-state index contributed by atoms with van der Waals surface area (Å²) in [5.41, 5.74) is 0. The van der Waals surface area contributed by atoms with Gasteiger partial charge in [0, 0.05) is 11.4 Å². The van der Waals surface area contributed by atoms with Gasteiger partial charge in [-0.2, -0.15) is 0 Å². The van der Waals surface area contributed by atoms with Crippen LogP contribution in [0.25, 0.3) is 10.8 Å². The molecule has 0 bridgehead atoms. The smallest absolute Gasteiger partial charge is 0.346 e. The van der Waals surface area contributed by atoms with Gasteiger partial charge in [0.25, 0.3) is 11.8 Å². The monoisotopic (exact) mass is 386 g/mol. The summed E-state index contributed by atoms with van der Waals surface area (Å²) >= 11 is 5.96. The van der Waals surface area contributed by atoms with E-state index in [1.165, 1.54) is 17.4 Å². The van der Waals surface area contributed by atoms with E-state index >= 15 is 0 Å². The van der Waals surface area contributed by atoms with Crippen molar-refractivity contribution in [2.75, 3.05) is 0 Å². The van der Waals surface area contributed by atoms with Gasteiger partial charge in [0.15, 0.2) is 6.61 Å². The fourth-order valence-corrected chi connectivity index (χ4v) is 3.46. The Morgan fingerprint density at radius 2 is 2.29 bits per heavy atom. The molecule has 0 spiro atoms. The molecule has 3 aromatic rings. The van der Waals surface area contributed by atoms with Gasteiger partial charge >= 0.3 is 5.97 Å². The number of aromatic carboxylic acids is 1. The molecule has 0 amide bonds. The van der Waals surface area contributed by atoms with Crippen LogP contribution in [0, 0.1) is 0 Å². The number of halogens is 1. The zero-order valence-corrected chi connectivity index (χ0v) is 13.5. The molecule has 0 fully saturated rings. The number of ether oxygens (including phenoxy) is 1. The van der Waals surface area contributed by atoms with Crippen LogP contribution >= 0.6 is 38.6 Å².